The van der Waals surface area contributed by atoms with Crippen LogP contribution in [0.4, 0.5) is 0 Å². The van der Waals surface area contributed by atoms with Gasteiger partial charge in [-0.05, 0) is 25.7 Å². The van der Waals surface area contributed by atoms with Crippen molar-refractivity contribution in [3.63, 3.8) is 0 Å². The molecule has 0 aromatic heterocycles. The van der Waals surface area contributed by atoms with Crippen LogP contribution in [0.15, 0.2) is 0 Å². The van der Waals surface area contributed by atoms with Gasteiger partial charge in [0.05, 0.1) is 5.92 Å². The van der Waals surface area contributed by atoms with Gasteiger partial charge in [-0.3, -0.25) is 14.4 Å². The molecule has 0 saturated carbocycles. The minimum atomic E-state index is -0.779. The van der Waals surface area contributed by atoms with Gasteiger partial charge in [-0.1, -0.05) is 6.92 Å². The van der Waals surface area contributed by atoms with Gasteiger partial charge in [-0.25, -0.2) is 0 Å². The van der Waals surface area contributed by atoms with Crippen LogP contribution in [0.3, 0.4) is 0 Å². The quantitative estimate of drug-likeness (QED) is 0.823. The van der Waals surface area contributed by atoms with Crippen LogP contribution in [0.5, 0.6) is 0 Å². The minimum absolute atomic E-state index is 0.0217. The van der Waals surface area contributed by atoms with Crippen LogP contribution in [0.2, 0.25) is 0 Å². The molecule has 2 heterocycles. The Morgan fingerprint density at radius 2 is 1.95 bits per heavy atom. The number of carbonyl (C=O) groups is 3. The SMILES string of the molecule is CCC(C(=O)N1CCC(C(=O)O)CC1)N1CCCC1=O. The highest BCUT2D eigenvalue weighted by Crippen LogP contribution is 2.22. The van der Waals surface area contributed by atoms with Gasteiger partial charge in [0.2, 0.25) is 11.8 Å². The first-order valence-electron chi connectivity index (χ1n) is 7.35. The second kappa shape index (κ2) is 6.24. The van der Waals surface area contributed by atoms with E-state index >= 15 is 0 Å². The number of carboxylic acids is 1. The van der Waals surface area contributed by atoms with Crippen molar-refractivity contribution in [2.45, 2.75) is 45.1 Å². The maximum Gasteiger partial charge on any atom is 0.306 e. The maximum absolute atomic E-state index is 12.5. The largest absolute Gasteiger partial charge is 0.481 e. The van der Waals surface area contributed by atoms with Crippen LogP contribution >= 0.6 is 0 Å². The fraction of sp³-hybridized carbons (Fsp3) is 0.786. The van der Waals surface area contributed by atoms with Crippen molar-refractivity contribution in [3.05, 3.63) is 0 Å². The topological polar surface area (TPSA) is 77.9 Å². The van der Waals surface area contributed by atoms with Crippen molar-refractivity contribution in [2.75, 3.05) is 19.6 Å². The molecule has 0 aliphatic carbocycles. The molecule has 0 spiro atoms. The van der Waals surface area contributed by atoms with Gasteiger partial charge in [0.1, 0.15) is 6.04 Å². The first kappa shape index (κ1) is 14.8. The number of carbonyl (C=O) groups excluding carboxylic acids is 2. The molecule has 0 aromatic carbocycles. The lowest BCUT2D eigenvalue weighted by Gasteiger charge is -2.35. The summed E-state index contributed by atoms with van der Waals surface area (Å²) in [5.74, 6) is -1.08. The molecule has 6 nitrogen and oxygen atoms in total. The lowest BCUT2D eigenvalue weighted by atomic mass is 9.96. The molecule has 2 saturated heterocycles. The molecule has 0 radical (unpaired) electrons. The molecular formula is C14H22N2O4. The van der Waals surface area contributed by atoms with E-state index in [0.29, 0.717) is 45.3 Å². The Hall–Kier alpha value is -1.59. The molecule has 2 aliphatic rings. The van der Waals surface area contributed by atoms with Gasteiger partial charge in [-0.15, -0.1) is 0 Å². The van der Waals surface area contributed by atoms with Gasteiger partial charge in [0.15, 0.2) is 0 Å². The second-order valence-electron chi connectivity index (χ2n) is 5.55. The average Bonchev–Trinajstić information content (AvgIpc) is 2.86. The first-order valence-corrected chi connectivity index (χ1v) is 7.35. The molecule has 2 aliphatic heterocycles. The number of carboxylic acid groups (broad SMARTS) is 1. The molecular weight excluding hydrogens is 260 g/mol. The van der Waals surface area contributed by atoms with Crippen molar-refractivity contribution in [3.8, 4) is 0 Å². The fourth-order valence-corrected chi connectivity index (χ4v) is 3.08. The Labute approximate surface area is 118 Å². The third-order valence-corrected chi connectivity index (χ3v) is 4.31. The van der Waals surface area contributed by atoms with Crippen LogP contribution in [0.25, 0.3) is 0 Å². The predicted molar refractivity (Wildman–Crippen MR) is 72.0 cm³/mol. The van der Waals surface area contributed by atoms with E-state index in [1.54, 1.807) is 9.80 Å². The molecule has 1 N–H and O–H groups in total. The third-order valence-electron chi connectivity index (χ3n) is 4.31. The summed E-state index contributed by atoms with van der Waals surface area (Å²) in [5, 5.41) is 8.97. The summed E-state index contributed by atoms with van der Waals surface area (Å²) in [4.78, 5) is 38.6. The zero-order valence-corrected chi connectivity index (χ0v) is 11.9. The van der Waals surface area contributed by atoms with Crippen LogP contribution in [-0.2, 0) is 14.4 Å². The molecule has 2 amide bonds. The average molecular weight is 282 g/mol. The summed E-state index contributed by atoms with van der Waals surface area (Å²) in [6.45, 7) is 3.54. The summed E-state index contributed by atoms with van der Waals surface area (Å²) in [7, 11) is 0. The smallest absolute Gasteiger partial charge is 0.306 e. The van der Waals surface area contributed by atoms with E-state index in [1.807, 2.05) is 6.92 Å². The molecule has 2 rings (SSSR count). The van der Waals surface area contributed by atoms with Gasteiger partial charge in [0.25, 0.3) is 0 Å². The van der Waals surface area contributed by atoms with Crippen LogP contribution in [-0.4, -0.2) is 58.4 Å². The first-order chi connectivity index (χ1) is 9.54. The van der Waals surface area contributed by atoms with Crippen molar-refractivity contribution in [1.29, 1.82) is 0 Å². The summed E-state index contributed by atoms with van der Waals surface area (Å²) in [6.07, 6.45) is 2.98. The fourth-order valence-electron chi connectivity index (χ4n) is 3.08. The van der Waals surface area contributed by atoms with E-state index in [4.69, 9.17) is 5.11 Å². The van der Waals surface area contributed by atoms with Crippen molar-refractivity contribution in [2.24, 2.45) is 5.92 Å². The van der Waals surface area contributed by atoms with Gasteiger partial charge >= 0.3 is 5.97 Å². The lowest BCUT2D eigenvalue weighted by Crippen LogP contribution is -2.51. The summed E-state index contributed by atoms with van der Waals surface area (Å²) >= 11 is 0. The minimum Gasteiger partial charge on any atom is -0.481 e. The third kappa shape index (κ3) is 2.94. The lowest BCUT2D eigenvalue weighted by molar-refractivity contribution is -0.148. The molecule has 0 aromatic rings. The van der Waals surface area contributed by atoms with E-state index in [9.17, 15) is 14.4 Å². The van der Waals surface area contributed by atoms with Gasteiger partial charge < -0.3 is 14.9 Å². The monoisotopic (exact) mass is 282 g/mol. The maximum atomic E-state index is 12.5. The second-order valence-corrected chi connectivity index (χ2v) is 5.55. The number of rotatable bonds is 4. The Morgan fingerprint density at radius 1 is 1.30 bits per heavy atom. The molecule has 20 heavy (non-hydrogen) atoms. The van der Waals surface area contributed by atoms with E-state index in [1.165, 1.54) is 0 Å². The Bertz CT molecular complexity index is 402. The highest BCUT2D eigenvalue weighted by atomic mass is 16.4. The number of hydrogen-bond acceptors (Lipinski definition) is 3. The zero-order valence-electron chi connectivity index (χ0n) is 11.9. The Balaban J connectivity index is 1.96. The number of piperidine rings is 1. The summed E-state index contributed by atoms with van der Waals surface area (Å²) in [6, 6.07) is -0.369. The van der Waals surface area contributed by atoms with E-state index in [-0.39, 0.29) is 23.8 Å². The van der Waals surface area contributed by atoms with Crippen molar-refractivity contribution >= 4 is 17.8 Å². The van der Waals surface area contributed by atoms with E-state index < -0.39 is 5.97 Å². The Morgan fingerprint density at radius 3 is 2.40 bits per heavy atom. The molecule has 1 atom stereocenters. The Kier molecular flexibility index (Phi) is 4.62. The van der Waals surface area contributed by atoms with Gasteiger partial charge in [0, 0.05) is 26.1 Å². The van der Waals surface area contributed by atoms with Crippen LogP contribution < -0.4 is 0 Å². The van der Waals surface area contributed by atoms with Crippen LogP contribution in [0.1, 0.15) is 39.0 Å². The number of hydrogen-bond donors (Lipinski definition) is 1. The summed E-state index contributed by atoms with van der Waals surface area (Å²) < 4.78 is 0. The normalized spacial score (nSPS) is 22.1. The van der Waals surface area contributed by atoms with Gasteiger partial charge in [-0.2, -0.15) is 0 Å². The molecule has 6 heteroatoms. The number of nitrogens with zero attached hydrogens (tertiary/aromatic N) is 2. The molecule has 112 valence electrons. The number of aliphatic carboxylic acids is 1. The highest BCUT2D eigenvalue weighted by molar-refractivity contribution is 5.88. The van der Waals surface area contributed by atoms with Crippen molar-refractivity contribution in [1.82, 2.24) is 9.80 Å². The predicted octanol–water partition coefficient (Wildman–Crippen LogP) is 0.711. The molecule has 1 unspecified atom stereocenters. The molecule has 2 fully saturated rings. The highest BCUT2D eigenvalue weighted by Gasteiger charge is 2.36. The van der Waals surface area contributed by atoms with Crippen LogP contribution in [0, 0.1) is 5.92 Å². The standard InChI is InChI=1S/C14H22N2O4/c1-2-11(16-7-3-4-12(16)17)13(18)15-8-5-10(6-9-15)14(19)20/h10-11H,2-9H2,1H3,(H,19,20). The van der Waals surface area contributed by atoms with E-state index in [0.717, 1.165) is 6.42 Å². The summed E-state index contributed by atoms with van der Waals surface area (Å²) in [5.41, 5.74) is 0. The number of amides is 2. The van der Waals surface area contributed by atoms with Crippen molar-refractivity contribution < 1.29 is 19.5 Å². The number of likely N-dealkylation sites (tertiary alicyclic amines) is 2. The molecule has 0 bridgehead atoms. The zero-order chi connectivity index (χ0) is 14.7. The van der Waals surface area contributed by atoms with E-state index in [2.05, 4.69) is 0 Å².